The Kier molecular flexibility index (Phi) is 2.41. The minimum Gasteiger partial charge on any atom is -0.0960 e. The van der Waals surface area contributed by atoms with Crippen LogP contribution < -0.4 is 5.46 Å². The summed E-state index contributed by atoms with van der Waals surface area (Å²) in [7, 11) is 5.69. The maximum atomic E-state index is 5.69. The van der Waals surface area contributed by atoms with Crippen molar-refractivity contribution in [3.05, 3.63) is 42.0 Å². The molecule has 0 spiro atoms. The Bertz CT molecular complexity index is 437. The third-order valence-electron chi connectivity index (χ3n) is 2.08. The lowest BCUT2D eigenvalue weighted by molar-refractivity contribution is 1.47. The Morgan fingerprint density at radius 2 is 1.69 bits per heavy atom. The number of hydrogen-bond donors (Lipinski definition) is 0. The van der Waals surface area contributed by atoms with Crippen LogP contribution in [0.5, 0.6) is 0 Å². The van der Waals surface area contributed by atoms with Crippen molar-refractivity contribution < 1.29 is 0 Å². The van der Waals surface area contributed by atoms with Gasteiger partial charge in [0.05, 0.1) is 0 Å². The minimum atomic E-state index is 0.819. The minimum absolute atomic E-state index is 0.819. The highest BCUT2D eigenvalue weighted by atomic mass is 79.9. The average Bonchev–Trinajstić information content (AvgIpc) is 2.17. The largest absolute Gasteiger partial charge is 0.113 e. The molecule has 0 unspecified atom stereocenters. The third kappa shape index (κ3) is 1.78. The zero-order valence-corrected chi connectivity index (χ0v) is 8.71. The summed E-state index contributed by atoms with van der Waals surface area (Å²) in [4.78, 5) is 0. The van der Waals surface area contributed by atoms with Crippen LogP contribution in [0.3, 0.4) is 0 Å². The first-order valence-electron chi connectivity index (χ1n) is 4.14. The van der Waals surface area contributed by atoms with Gasteiger partial charge in [0.1, 0.15) is 7.85 Å². The topological polar surface area (TPSA) is 0 Å². The molecule has 0 N–H and O–H groups in total. The van der Waals surface area contributed by atoms with Crippen molar-refractivity contribution in [1.82, 2.24) is 0 Å². The maximum Gasteiger partial charge on any atom is 0.113 e. The summed E-state index contributed by atoms with van der Waals surface area (Å²) >= 11 is 3.43. The van der Waals surface area contributed by atoms with E-state index in [1.165, 1.54) is 16.3 Å². The van der Waals surface area contributed by atoms with Gasteiger partial charge in [-0.05, 0) is 16.3 Å². The van der Waals surface area contributed by atoms with Crippen LogP contribution in [0.25, 0.3) is 10.8 Å². The van der Waals surface area contributed by atoms with E-state index < -0.39 is 0 Å². The van der Waals surface area contributed by atoms with Crippen LogP contribution in [0, 0.1) is 0 Å². The Hall–Kier alpha value is -0.755. The first-order valence-corrected chi connectivity index (χ1v) is 5.26. The second-order valence-electron chi connectivity index (χ2n) is 3.07. The molecule has 0 aliphatic heterocycles. The molecule has 2 rings (SSSR count). The molecule has 0 amide bonds. The lowest BCUT2D eigenvalue weighted by Gasteiger charge is -2.01. The lowest BCUT2D eigenvalue weighted by atomic mass is 9.93. The molecule has 0 aliphatic rings. The monoisotopic (exact) mass is 230 g/mol. The highest BCUT2D eigenvalue weighted by molar-refractivity contribution is 9.08. The van der Waals surface area contributed by atoms with Crippen LogP contribution in [0.4, 0.5) is 0 Å². The SMILES string of the molecule is [B]c1ccc2cc(CBr)ccc2c1. The van der Waals surface area contributed by atoms with Crippen LogP contribution in [0.15, 0.2) is 36.4 Å². The van der Waals surface area contributed by atoms with Gasteiger partial charge in [0.25, 0.3) is 0 Å². The van der Waals surface area contributed by atoms with Gasteiger partial charge in [-0.2, -0.15) is 0 Å². The predicted octanol–water partition coefficient (Wildman–Crippen LogP) is 2.53. The molecule has 0 saturated carbocycles. The van der Waals surface area contributed by atoms with E-state index in [9.17, 15) is 0 Å². The van der Waals surface area contributed by atoms with E-state index in [4.69, 9.17) is 7.85 Å². The quantitative estimate of drug-likeness (QED) is 0.522. The molecule has 0 fully saturated rings. The van der Waals surface area contributed by atoms with Gasteiger partial charge < -0.3 is 0 Å². The zero-order valence-electron chi connectivity index (χ0n) is 7.13. The second kappa shape index (κ2) is 3.55. The van der Waals surface area contributed by atoms with E-state index in [-0.39, 0.29) is 0 Å². The van der Waals surface area contributed by atoms with Crippen molar-refractivity contribution in [2.45, 2.75) is 5.33 Å². The number of alkyl halides is 1. The standard InChI is InChI=1S/C11H8BBr/c12-11-4-3-9-5-8(7-13)1-2-10(9)6-11/h1-6H,7H2. The molecule has 0 bridgehead atoms. The summed E-state index contributed by atoms with van der Waals surface area (Å²) in [5.74, 6) is 0. The molecule has 2 radical (unpaired) electrons. The van der Waals surface area contributed by atoms with Gasteiger partial charge in [-0.1, -0.05) is 57.8 Å². The highest BCUT2D eigenvalue weighted by Gasteiger charge is 1.95. The Labute approximate surface area is 87.5 Å². The normalized spacial score (nSPS) is 10.5. The van der Waals surface area contributed by atoms with E-state index in [0.717, 1.165) is 10.8 Å². The number of fused-ring (bicyclic) bond motifs is 1. The molecular formula is C11H8BBr. The number of hydrogen-bond acceptors (Lipinski definition) is 0. The van der Waals surface area contributed by atoms with Gasteiger partial charge in [0.2, 0.25) is 0 Å². The second-order valence-corrected chi connectivity index (χ2v) is 3.64. The van der Waals surface area contributed by atoms with Gasteiger partial charge in [-0.15, -0.1) is 0 Å². The Morgan fingerprint density at radius 3 is 2.46 bits per heavy atom. The first-order chi connectivity index (χ1) is 6.29. The van der Waals surface area contributed by atoms with Crippen molar-refractivity contribution in [3.8, 4) is 0 Å². The molecule has 62 valence electrons. The number of benzene rings is 2. The molecule has 0 aliphatic carbocycles. The van der Waals surface area contributed by atoms with Crippen molar-refractivity contribution in [2.24, 2.45) is 0 Å². The maximum absolute atomic E-state index is 5.69. The van der Waals surface area contributed by atoms with E-state index in [1.807, 2.05) is 12.1 Å². The van der Waals surface area contributed by atoms with Crippen LogP contribution in [0.1, 0.15) is 5.56 Å². The van der Waals surface area contributed by atoms with Crippen molar-refractivity contribution in [1.29, 1.82) is 0 Å². The summed E-state index contributed by atoms with van der Waals surface area (Å²) in [5.41, 5.74) is 2.11. The molecule has 0 heterocycles. The van der Waals surface area contributed by atoms with Gasteiger partial charge in [-0.25, -0.2) is 0 Å². The van der Waals surface area contributed by atoms with Gasteiger partial charge in [0.15, 0.2) is 0 Å². The van der Waals surface area contributed by atoms with Crippen LogP contribution in [-0.4, -0.2) is 7.85 Å². The fraction of sp³-hybridized carbons (Fsp3) is 0.0909. The van der Waals surface area contributed by atoms with E-state index in [0.29, 0.717) is 0 Å². The van der Waals surface area contributed by atoms with Crippen LogP contribution >= 0.6 is 15.9 Å². The Morgan fingerprint density at radius 1 is 1.00 bits per heavy atom. The molecule has 0 nitrogen and oxygen atoms in total. The molecular weight excluding hydrogens is 223 g/mol. The predicted molar refractivity (Wildman–Crippen MR) is 62.0 cm³/mol. The van der Waals surface area contributed by atoms with E-state index in [2.05, 4.69) is 40.2 Å². The molecule has 0 aromatic heterocycles. The van der Waals surface area contributed by atoms with E-state index >= 15 is 0 Å². The third-order valence-corrected chi connectivity index (χ3v) is 2.73. The van der Waals surface area contributed by atoms with Crippen LogP contribution in [-0.2, 0) is 5.33 Å². The molecule has 2 heteroatoms. The van der Waals surface area contributed by atoms with Crippen molar-refractivity contribution in [2.75, 3.05) is 0 Å². The van der Waals surface area contributed by atoms with E-state index in [1.54, 1.807) is 0 Å². The smallest absolute Gasteiger partial charge is 0.0960 e. The van der Waals surface area contributed by atoms with Gasteiger partial charge in [0, 0.05) is 5.33 Å². The number of halogens is 1. The first kappa shape index (κ1) is 8.83. The fourth-order valence-corrected chi connectivity index (χ4v) is 1.75. The fourth-order valence-electron chi connectivity index (χ4n) is 1.40. The van der Waals surface area contributed by atoms with Crippen molar-refractivity contribution >= 4 is 40.0 Å². The summed E-state index contributed by atoms with van der Waals surface area (Å²) < 4.78 is 0. The highest BCUT2D eigenvalue weighted by Crippen LogP contribution is 2.16. The molecule has 2 aromatic rings. The lowest BCUT2D eigenvalue weighted by Crippen LogP contribution is -1.99. The summed E-state index contributed by atoms with van der Waals surface area (Å²) in [5, 5.41) is 3.34. The molecule has 0 saturated heterocycles. The average molecular weight is 231 g/mol. The van der Waals surface area contributed by atoms with Gasteiger partial charge >= 0.3 is 0 Å². The Balaban J connectivity index is 2.66. The summed E-state index contributed by atoms with van der Waals surface area (Å²) in [6, 6.07) is 12.4. The molecule has 0 atom stereocenters. The number of rotatable bonds is 1. The van der Waals surface area contributed by atoms with Crippen LogP contribution in [0.2, 0.25) is 0 Å². The summed E-state index contributed by atoms with van der Waals surface area (Å²) in [6.07, 6.45) is 0. The van der Waals surface area contributed by atoms with Crippen molar-refractivity contribution in [3.63, 3.8) is 0 Å². The molecule has 2 aromatic carbocycles. The summed E-state index contributed by atoms with van der Waals surface area (Å²) in [6.45, 7) is 0. The molecule has 13 heavy (non-hydrogen) atoms. The van der Waals surface area contributed by atoms with Gasteiger partial charge in [-0.3, -0.25) is 0 Å². The zero-order chi connectivity index (χ0) is 9.26.